The molecule has 0 aliphatic carbocycles. The molecule has 25 heavy (non-hydrogen) atoms. The summed E-state index contributed by atoms with van der Waals surface area (Å²) in [5.41, 5.74) is 9.98. The average molecular weight is 341 g/mol. The number of unbranched alkanes of at least 4 members (excludes halogenated alkanes) is 2. The van der Waals surface area contributed by atoms with Gasteiger partial charge < -0.3 is 15.8 Å². The SMILES string of the molecule is CCCCCc1ccc(NC(=O)c2cc(C)c(COC)nc2N)cc1. The molecular weight excluding hydrogens is 314 g/mol. The van der Waals surface area contributed by atoms with Crippen molar-refractivity contribution in [3.63, 3.8) is 0 Å². The number of rotatable bonds is 8. The molecule has 1 heterocycles. The molecule has 1 aromatic heterocycles. The number of aryl methyl sites for hydroxylation is 2. The Labute approximate surface area is 149 Å². The fraction of sp³-hybridized carbons (Fsp3) is 0.400. The number of nitrogens with one attached hydrogen (secondary N) is 1. The summed E-state index contributed by atoms with van der Waals surface area (Å²) >= 11 is 0. The molecule has 0 aliphatic heterocycles. The van der Waals surface area contributed by atoms with Gasteiger partial charge in [0.2, 0.25) is 0 Å². The second-order valence-electron chi connectivity index (χ2n) is 6.23. The van der Waals surface area contributed by atoms with Crippen LogP contribution in [-0.4, -0.2) is 18.0 Å². The number of nitrogen functional groups attached to an aromatic ring is 1. The first kappa shape index (κ1) is 18.9. The number of benzene rings is 1. The lowest BCUT2D eigenvalue weighted by Crippen LogP contribution is -2.16. The highest BCUT2D eigenvalue weighted by atomic mass is 16.5. The Morgan fingerprint density at radius 2 is 1.96 bits per heavy atom. The predicted molar refractivity (Wildman–Crippen MR) is 102 cm³/mol. The topological polar surface area (TPSA) is 77.2 Å². The molecule has 0 spiro atoms. The zero-order valence-electron chi connectivity index (χ0n) is 15.3. The van der Waals surface area contributed by atoms with Gasteiger partial charge in [-0.15, -0.1) is 0 Å². The van der Waals surface area contributed by atoms with Gasteiger partial charge in [0, 0.05) is 12.8 Å². The number of hydrogen-bond donors (Lipinski definition) is 2. The number of carbonyl (C=O) groups excluding carboxylic acids is 1. The molecule has 5 nitrogen and oxygen atoms in total. The van der Waals surface area contributed by atoms with E-state index in [4.69, 9.17) is 10.5 Å². The molecule has 0 atom stereocenters. The number of aromatic nitrogens is 1. The van der Waals surface area contributed by atoms with Crippen molar-refractivity contribution in [1.82, 2.24) is 4.98 Å². The van der Waals surface area contributed by atoms with E-state index in [9.17, 15) is 4.79 Å². The monoisotopic (exact) mass is 341 g/mol. The maximum absolute atomic E-state index is 12.5. The van der Waals surface area contributed by atoms with Crippen LogP contribution in [0.15, 0.2) is 30.3 Å². The summed E-state index contributed by atoms with van der Waals surface area (Å²) in [5, 5.41) is 2.88. The standard InChI is InChI=1S/C20H27N3O2/c1-4-5-6-7-15-8-10-16(11-9-15)22-20(24)17-12-14(2)18(13-25-3)23-19(17)21/h8-12H,4-7,13H2,1-3H3,(H2,21,23)(H,22,24). The van der Waals surface area contributed by atoms with Gasteiger partial charge in [0.25, 0.3) is 5.91 Å². The summed E-state index contributed by atoms with van der Waals surface area (Å²) < 4.78 is 5.09. The molecule has 2 aromatic rings. The number of anilines is 2. The molecular formula is C20H27N3O2. The summed E-state index contributed by atoms with van der Waals surface area (Å²) in [7, 11) is 1.60. The first-order valence-electron chi connectivity index (χ1n) is 8.70. The van der Waals surface area contributed by atoms with Crippen LogP contribution in [0.3, 0.4) is 0 Å². The van der Waals surface area contributed by atoms with E-state index in [-0.39, 0.29) is 11.7 Å². The van der Waals surface area contributed by atoms with E-state index < -0.39 is 0 Å². The molecule has 0 radical (unpaired) electrons. The number of nitrogens with two attached hydrogens (primary N) is 1. The highest BCUT2D eigenvalue weighted by Crippen LogP contribution is 2.18. The van der Waals surface area contributed by atoms with Gasteiger partial charge in [-0.1, -0.05) is 31.9 Å². The van der Waals surface area contributed by atoms with Gasteiger partial charge in [0.15, 0.2) is 0 Å². The van der Waals surface area contributed by atoms with Crippen LogP contribution in [0.5, 0.6) is 0 Å². The molecule has 3 N–H and O–H groups in total. The molecule has 0 aliphatic rings. The Morgan fingerprint density at radius 1 is 1.24 bits per heavy atom. The fourth-order valence-electron chi connectivity index (χ4n) is 2.66. The maximum Gasteiger partial charge on any atom is 0.259 e. The van der Waals surface area contributed by atoms with Crippen molar-refractivity contribution in [1.29, 1.82) is 0 Å². The Kier molecular flexibility index (Phi) is 6.95. The van der Waals surface area contributed by atoms with Crippen molar-refractivity contribution in [3.8, 4) is 0 Å². The van der Waals surface area contributed by atoms with Crippen molar-refractivity contribution in [2.75, 3.05) is 18.2 Å². The van der Waals surface area contributed by atoms with Crippen LogP contribution in [0.2, 0.25) is 0 Å². The molecule has 134 valence electrons. The van der Waals surface area contributed by atoms with Gasteiger partial charge in [0.05, 0.1) is 17.9 Å². The number of amides is 1. The normalized spacial score (nSPS) is 10.7. The van der Waals surface area contributed by atoms with E-state index in [1.807, 2.05) is 19.1 Å². The number of carbonyl (C=O) groups is 1. The largest absolute Gasteiger partial charge is 0.383 e. The van der Waals surface area contributed by atoms with E-state index in [1.165, 1.54) is 24.8 Å². The van der Waals surface area contributed by atoms with Crippen molar-refractivity contribution < 1.29 is 9.53 Å². The molecule has 1 aromatic carbocycles. The van der Waals surface area contributed by atoms with Crippen LogP contribution in [0.4, 0.5) is 11.5 Å². The molecule has 0 fully saturated rings. The third kappa shape index (κ3) is 5.29. The lowest BCUT2D eigenvalue weighted by atomic mass is 10.1. The van der Waals surface area contributed by atoms with E-state index in [0.29, 0.717) is 12.2 Å². The van der Waals surface area contributed by atoms with Crippen molar-refractivity contribution in [2.24, 2.45) is 0 Å². The number of pyridine rings is 1. The molecule has 5 heteroatoms. The van der Waals surface area contributed by atoms with E-state index in [0.717, 1.165) is 23.4 Å². The highest BCUT2D eigenvalue weighted by Gasteiger charge is 2.14. The summed E-state index contributed by atoms with van der Waals surface area (Å²) in [6.45, 7) is 4.46. The second kappa shape index (κ2) is 9.18. The Hall–Kier alpha value is -2.40. The van der Waals surface area contributed by atoms with Gasteiger partial charge in [0.1, 0.15) is 5.82 Å². The smallest absolute Gasteiger partial charge is 0.259 e. The van der Waals surface area contributed by atoms with E-state index in [2.05, 4.69) is 29.4 Å². The van der Waals surface area contributed by atoms with Gasteiger partial charge in [-0.25, -0.2) is 4.98 Å². The maximum atomic E-state index is 12.5. The second-order valence-corrected chi connectivity index (χ2v) is 6.23. The fourth-order valence-corrected chi connectivity index (χ4v) is 2.66. The minimum absolute atomic E-state index is 0.214. The summed E-state index contributed by atoms with van der Waals surface area (Å²) in [4.78, 5) is 16.8. The number of hydrogen-bond acceptors (Lipinski definition) is 4. The third-order valence-electron chi connectivity index (χ3n) is 4.15. The number of nitrogens with zero attached hydrogens (tertiary/aromatic N) is 1. The molecule has 1 amide bonds. The van der Waals surface area contributed by atoms with Crippen molar-refractivity contribution >= 4 is 17.4 Å². The molecule has 0 saturated heterocycles. The van der Waals surface area contributed by atoms with E-state index >= 15 is 0 Å². The van der Waals surface area contributed by atoms with Gasteiger partial charge in [-0.2, -0.15) is 0 Å². The van der Waals surface area contributed by atoms with Crippen molar-refractivity contribution in [2.45, 2.75) is 46.1 Å². The summed E-state index contributed by atoms with van der Waals surface area (Å²) in [6.07, 6.45) is 4.71. The van der Waals surface area contributed by atoms with Crippen LogP contribution >= 0.6 is 0 Å². The van der Waals surface area contributed by atoms with Crippen molar-refractivity contribution in [3.05, 3.63) is 52.7 Å². The lowest BCUT2D eigenvalue weighted by Gasteiger charge is -2.11. The van der Waals surface area contributed by atoms with Crippen LogP contribution in [-0.2, 0) is 17.8 Å². The zero-order chi connectivity index (χ0) is 18.2. The quantitative estimate of drug-likeness (QED) is 0.709. The molecule has 0 unspecified atom stereocenters. The minimum atomic E-state index is -0.254. The lowest BCUT2D eigenvalue weighted by molar-refractivity contribution is 0.102. The zero-order valence-corrected chi connectivity index (χ0v) is 15.3. The summed E-state index contributed by atoms with van der Waals surface area (Å²) in [6, 6.07) is 9.72. The van der Waals surface area contributed by atoms with Crippen LogP contribution < -0.4 is 11.1 Å². The molecule has 0 saturated carbocycles. The number of ether oxygens (including phenoxy) is 1. The molecule has 0 bridgehead atoms. The number of methoxy groups -OCH3 is 1. The average Bonchev–Trinajstić information content (AvgIpc) is 2.59. The van der Waals surface area contributed by atoms with Crippen LogP contribution in [0, 0.1) is 6.92 Å². The van der Waals surface area contributed by atoms with Gasteiger partial charge >= 0.3 is 0 Å². The molecule has 2 rings (SSSR count). The Balaban J connectivity index is 2.05. The predicted octanol–water partition coefficient (Wildman–Crippen LogP) is 4.10. The van der Waals surface area contributed by atoms with Crippen LogP contribution in [0.25, 0.3) is 0 Å². The van der Waals surface area contributed by atoms with Crippen LogP contribution in [0.1, 0.15) is 53.4 Å². The highest BCUT2D eigenvalue weighted by molar-refractivity contribution is 6.07. The summed E-state index contributed by atoms with van der Waals surface area (Å²) in [5.74, 6) is -0.0397. The van der Waals surface area contributed by atoms with E-state index in [1.54, 1.807) is 13.2 Å². The Bertz CT molecular complexity index is 712. The minimum Gasteiger partial charge on any atom is -0.383 e. The third-order valence-corrected chi connectivity index (χ3v) is 4.15. The van der Waals surface area contributed by atoms with Gasteiger partial charge in [-0.05, 0) is 49.1 Å². The first-order chi connectivity index (χ1) is 12.0. The Morgan fingerprint density at radius 3 is 2.60 bits per heavy atom. The first-order valence-corrected chi connectivity index (χ1v) is 8.70. The van der Waals surface area contributed by atoms with Gasteiger partial charge in [-0.3, -0.25) is 4.79 Å².